The Hall–Kier alpha value is -0.883. The molecule has 1 aliphatic rings. The van der Waals surface area contributed by atoms with Crippen molar-refractivity contribution in [3.05, 3.63) is 0 Å². The van der Waals surface area contributed by atoms with Crippen LogP contribution < -0.4 is 5.32 Å². The molecule has 0 aromatic heterocycles. The van der Waals surface area contributed by atoms with Gasteiger partial charge in [0.2, 0.25) is 5.91 Å². The average molecular weight is 330 g/mol. The fraction of sp³-hybridized carbons (Fsp3) is 0.875. The lowest BCUT2D eigenvalue weighted by Crippen LogP contribution is -2.72. The van der Waals surface area contributed by atoms with Gasteiger partial charge in [-0.3, -0.25) is 9.59 Å². The summed E-state index contributed by atoms with van der Waals surface area (Å²) in [7, 11) is -1.35. The monoisotopic (exact) mass is 329 g/mol. The molecule has 1 aliphatic heterocycles. The van der Waals surface area contributed by atoms with E-state index in [1.807, 2.05) is 13.8 Å². The first-order valence-corrected chi connectivity index (χ1v) is 10.9. The third-order valence-electron chi connectivity index (χ3n) is 4.71. The Balaban J connectivity index is 3.07. The van der Waals surface area contributed by atoms with Crippen molar-refractivity contribution < 1.29 is 18.8 Å². The fourth-order valence-corrected chi connectivity index (χ4v) is 4.52. The molecule has 5 nitrogen and oxygen atoms in total. The molecule has 1 N–H and O–H groups in total. The maximum Gasteiger partial charge on any atom is 0.310 e. The van der Waals surface area contributed by atoms with Crippen LogP contribution in [0.15, 0.2) is 0 Å². The van der Waals surface area contributed by atoms with Gasteiger partial charge in [0.25, 0.3) is 0 Å². The van der Waals surface area contributed by atoms with Gasteiger partial charge in [-0.1, -0.05) is 20.8 Å². The summed E-state index contributed by atoms with van der Waals surface area (Å²) in [4.78, 5) is 24.3. The van der Waals surface area contributed by atoms with E-state index in [1.54, 1.807) is 6.92 Å². The number of carbonyl (C=O) groups is 2. The number of ether oxygens (including phenoxy) is 1. The number of hydrogen-bond donors (Lipinski definition) is 1. The lowest BCUT2D eigenvalue weighted by molar-refractivity contribution is -0.168. The quantitative estimate of drug-likeness (QED) is 0.460. The zero-order valence-electron chi connectivity index (χ0n) is 15.1. The van der Waals surface area contributed by atoms with Crippen LogP contribution in [0.1, 0.15) is 41.5 Å². The first-order chi connectivity index (χ1) is 9.95. The molecule has 4 atom stereocenters. The molecule has 2 unspecified atom stereocenters. The Bertz CT molecular complexity index is 432. The van der Waals surface area contributed by atoms with E-state index < -0.39 is 14.6 Å². The summed E-state index contributed by atoms with van der Waals surface area (Å²) in [6.07, 6.45) is 0. The molecule has 0 saturated carbocycles. The summed E-state index contributed by atoms with van der Waals surface area (Å²) in [5.74, 6) is -1.01. The van der Waals surface area contributed by atoms with E-state index in [-0.39, 0.29) is 35.2 Å². The minimum Gasteiger partial charge on any atom is -0.466 e. The highest BCUT2D eigenvalue weighted by Crippen LogP contribution is 2.46. The predicted molar refractivity (Wildman–Crippen MR) is 89.0 cm³/mol. The Labute approximate surface area is 135 Å². The largest absolute Gasteiger partial charge is 0.466 e. The molecule has 22 heavy (non-hydrogen) atoms. The summed E-state index contributed by atoms with van der Waals surface area (Å²) >= 11 is 0. The zero-order valence-corrected chi connectivity index (χ0v) is 16.3. The van der Waals surface area contributed by atoms with Crippen LogP contribution in [-0.4, -0.2) is 39.2 Å². The van der Waals surface area contributed by atoms with E-state index in [2.05, 4.69) is 39.2 Å². The van der Waals surface area contributed by atoms with Crippen LogP contribution in [0.4, 0.5) is 0 Å². The van der Waals surface area contributed by atoms with Gasteiger partial charge >= 0.3 is 5.97 Å². The van der Waals surface area contributed by atoms with E-state index in [0.717, 1.165) is 0 Å². The lowest BCUT2D eigenvalue weighted by Gasteiger charge is -2.55. The molecule has 1 fully saturated rings. The fourth-order valence-electron chi connectivity index (χ4n) is 3.04. The second-order valence-corrected chi connectivity index (χ2v) is 9.91. The van der Waals surface area contributed by atoms with Crippen molar-refractivity contribution in [1.82, 2.24) is 5.32 Å². The van der Waals surface area contributed by atoms with Crippen LogP contribution in [0.2, 0.25) is 13.1 Å². The summed E-state index contributed by atoms with van der Waals surface area (Å²) in [5, 5.41) is 2.88. The number of rotatable bonds is 6. The van der Waals surface area contributed by atoms with E-state index >= 15 is 0 Å². The van der Waals surface area contributed by atoms with Crippen molar-refractivity contribution in [2.75, 3.05) is 6.61 Å². The van der Waals surface area contributed by atoms with Crippen LogP contribution in [0, 0.1) is 17.3 Å². The molecule has 0 aromatic carbocycles. The minimum atomic E-state index is -1.35. The smallest absolute Gasteiger partial charge is 0.310 e. The molecule has 0 radical (unpaired) electrons. The Morgan fingerprint density at radius 1 is 1.32 bits per heavy atom. The first-order valence-electron chi connectivity index (χ1n) is 8.10. The number of β-lactam (4-membered cyclic amide) rings is 1. The van der Waals surface area contributed by atoms with Gasteiger partial charge in [-0.15, -0.1) is 0 Å². The van der Waals surface area contributed by atoms with E-state index in [1.165, 1.54) is 0 Å². The van der Waals surface area contributed by atoms with Gasteiger partial charge in [0.15, 0.2) is 9.04 Å². The van der Waals surface area contributed by atoms with Crippen LogP contribution in [0.5, 0.6) is 0 Å². The van der Waals surface area contributed by atoms with Crippen molar-refractivity contribution in [2.45, 2.75) is 66.3 Å². The number of nitrogens with one attached hydrogen (secondary N) is 1. The second-order valence-electron chi connectivity index (χ2n) is 7.58. The highest BCUT2D eigenvalue weighted by Gasteiger charge is 2.59. The molecule has 0 aromatic rings. The van der Waals surface area contributed by atoms with Crippen LogP contribution in [0.25, 0.3) is 0 Å². The SMILES string of the molecule is CCOC(=O)C(C)[C@H]1NC(=O)[C@@H]1C(C)(O[SiH](C)C)C(C)(C)C. The molecular formula is C16H31NO4Si. The van der Waals surface area contributed by atoms with Crippen molar-refractivity contribution >= 4 is 20.9 Å². The number of esters is 1. The van der Waals surface area contributed by atoms with Gasteiger partial charge in [0, 0.05) is 0 Å². The van der Waals surface area contributed by atoms with E-state index in [4.69, 9.17) is 9.16 Å². The highest BCUT2D eigenvalue weighted by molar-refractivity contribution is 6.48. The maximum atomic E-state index is 12.3. The molecular weight excluding hydrogens is 298 g/mol. The first kappa shape index (κ1) is 19.2. The normalized spacial score (nSPS) is 26.0. The lowest BCUT2D eigenvalue weighted by atomic mass is 9.62. The Morgan fingerprint density at radius 2 is 1.86 bits per heavy atom. The van der Waals surface area contributed by atoms with Gasteiger partial charge in [-0.25, -0.2) is 0 Å². The molecule has 0 spiro atoms. The number of amides is 1. The van der Waals surface area contributed by atoms with Crippen LogP contribution in [0.3, 0.4) is 0 Å². The van der Waals surface area contributed by atoms with Crippen LogP contribution >= 0.6 is 0 Å². The zero-order chi connectivity index (χ0) is 17.3. The van der Waals surface area contributed by atoms with Crippen molar-refractivity contribution in [2.24, 2.45) is 17.3 Å². The molecule has 1 heterocycles. The van der Waals surface area contributed by atoms with Gasteiger partial charge in [-0.05, 0) is 39.3 Å². The molecule has 0 aliphatic carbocycles. The molecule has 128 valence electrons. The van der Waals surface area contributed by atoms with Crippen molar-refractivity contribution in [3.63, 3.8) is 0 Å². The van der Waals surface area contributed by atoms with E-state index in [9.17, 15) is 9.59 Å². The van der Waals surface area contributed by atoms with Crippen molar-refractivity contribution in [3.8, 4) is 0 Å². The second kappa shape index (κ2) is 6.70. The highest BCUT2D eigenvalue weighted by atomic mass is 28.3. The summed E-state index contributed by atoms with van der Waals surface area (Å²) < 4.78 is 11.4. The molecule has 1 amide bonds. The average Bonchev–Trinajstić information content (AvgIpc) is 2.32. The molecule has 1 rings (SSSR count). The summed E-state index contributed by atoms with van der Waals surface area (Å²) in [5.41, 5.74) is -0.805. The number of carbonyl (C=O) groups excluding carboxylic acids is 2. The Morgan fingerprint density at radius 3 is 2.23 bits per heavy atom. The van der Waals surface area contributed by atoms with Gasteiger partial charge in [0.1, 0.15) is 0 Å². The third kappa shape index (κ3) is 3.54. The van der Waals surface area contributed by atoms with Gasteiger partial charge in [-0.2, -0.15) is 0 Å². The molecule has 0 bridgehead atoms. The minimum absolute atomic E-state index is 0.0341. The van der Waals surface area contributed by atoms with E-state index in [0.29, 0.717) is 6.61 Å². The van der Waals surface area contributed by atoms with Gasteiger partial charge in [0.05, 0.1) is 30.1 Å². The van der Waals surface area contributed by atoms with Crippen LogP contribution in [-0.2, 0) is 18.8 Å². The maximum absolute atomic E-state index is 12.3. The molecule has 6 heteroatoms. The molecule has 1 saturated heterocycles. The predicted octanol–water partition coefficient (Wildman–Crippen LogP) is 2.10. The summed E-state index contributed by atoms with van der Waals surface area (Å²) in [6, 6.07) is -0.233. The Kier molecular flexibility index (Phi) is 5.84. The van der Waals surface area contributed by atoms with Crippen molar-refractivity contribution in [1.29, 1.82) is 0 Å². The standard InChI is InChI=1S/C16H31NO4Si/c1-9-20-14(19)10(2)12-11(13(18)17-12)16(6,15(3,4)5)21-22(7)8/h10-12,22H,9H2,1-8H3,(H,17,18)/t10?,11-,12-,16?/m1/s1. The summed E-state index contributed by atoms with van der Waals surface area (Å²) in [6.45, 7) is 16.4. The number of hydrogen-bond acceptors (Lipinski definition) is 4. The van der Waals surface area contributed by atoms with Gasteiger partial charge < -0.3 is 14.5 Å². The third-order valence-corrected chi connectivity index (χ3v) is 5.67. The topological polar surface area (TPSA) is 64.6 Å².